The van der Waals surface area contributed by atoms with E-state index in [0.717, 1.165) is 10.9 Å². The van der Waals surface area contributed by atoms with Gasteiger partial charge in [-0.25, -0.2) is 4.39 Å². The molecule has 0 spiro atoms. The Labute approximate surface area is 161 Å². The number of aromatic nitrogens is 1. The Kier molecular flexibility index (Phi) is 5.12. The first-order valence-electron chi connectivity index (χ1n) is 8.50. The fraction of sp³-hybridized carbons (Fsp3) is 0.190. The number of carbonyl (C=O) groups excluding carboxylic acids is 1. The molecule has 140 valence electrons. The molecule has 0 bridgehead atoms. The number of nitriles is 2. The molecule has 7 heteroatoms. The van der Waals surface area contributed by atoms with Gasteiger partial charge in [0.25, 0.3) is 5.91 Å². The molecular formula is C21H17FN4O2. The van der Waals surface area contributed by atoms with Gasteiger partial charge in [0.15, 0.2) is 5.60 Å². The maximum absolute atomic E-state index is 13.0. The molecule has 0 fully saturated rings. The Morgan fingerprint density at radius 1 is 1.21 bits per heavy atom. The average molecular weight is 376 g/mol. The summed E-state index contributed by atoms with van der Waals surface area (Å²) in [6.07, 6.45) is 1.73. The number of nitrogens with zero attached hydrogens (tertiary/aromatic N) is 3. The lowest BCUT2D eigenvalue weighted by Gasteiger charge is -2.23. The van der Waals surface area contributed by atoms with E-state index in [4.69, 9.17) is 10.5 Å². The van der Waals surface area contributed by atoms with Crippen LogP contribution in [0.25, 0.3) is 10.9 Å². The van der Waals surface area contributed by atoms with Gasteiger partial charge in [0, 0.05) is 28.4 Å². The molecule has 0 unspecified atom stereocenters. The molecule has 2 aromatic carbocycles. The molecule has 1 amide bonds. The number of anilines is 1. The number of carbonyl (C=O) groups is 1. The Balaban J connectivity index is 1.80. The van der Waals surface area contributed by atoms with Gasteiger partial charge in [-0.1, -0.05) is 0 Å². The predicted octanol–water partition coefficient (Wildman–Crippen LogP) is 3.24. The van der Waals surface area contributed by atoms with Crippen LogP contribution in [0.2, 0.25) is 0 Å². The van der Waals surface area contributed by atoms with Crippen LogP contribution < -0.4 is 5.32 Å². The zero-order valence-corrected chi connectivity index (χ0v) is 15.1. The summed E-state index contributed by atoms with van der Waals surface area (Å²) < 4.78 is 14.8. The van der Waals surface area contributed by atoms with Crippen molar-refractivity contribution in [2.75, 3.05) is 5.32 Å². The molecule has 1 aromatic heterocycles. The molecule has 0 saturated heterocycles. The van der Waals surface area contributed by atoms with Crippen LogP contribution in [-0.4, -0.2) is 21.2 Å². The highest BCUT2D eigenvalue weighted by molar-refractivity contribution is 5.97. The predicted molar refractivity (Wildman–Crippen MR) is 102 cm³/mol. The van der Waals surface area contributed by atoms with Gasteiger partial charge in [0.1, 0.15) is 6.67 Å². The highest BCUT2D eigenvalue weighted by atomic mass is 19.1. The molecule has 1 atom stereocenters. The zero-order valence-electron chi connectivity index (χ0n) is 15.1. The number of aliphatic hydroxyl groups is 1. The number of amides is 1. The lowest BCUT2D eigenvalue weighted by molar-refractivity contribution is -0.133. The van der Waals surface area contributed by atoms with Gasteiger partial charge in [-0.2, -0.15) is 10.5 Å². The number of halogens is 1. The summed E-state index contributed by atoms with van der Waals surface area (Å²) in [5.74, 6) is -0.655. The fourth-order valence-electron chi connectivity index (χ4n) is 2.97. The lowest BCUT2D eigenvalue weighted by atomic mass is 10.0. The van der Waals surface area contributed by atoms with Crippen LogP contribution in [-0.2, 0) is 18.0 Å². The van der Waals surface area contributed by atoms with Gasteiger partial charge in [0.2, 0.25) is 0 Å². The van der Waals surface area contributed by atoms with Crippen molar-refractivity contribution in [3.05, 3.63) is 65.4 Å². The highest BCUT2D eigenvalue weighted by Gasteiger charge is 2.31. The van der Waals surface area contributed by atoms with Gasteiger partial charge in [-0.05, 0) is 49.4 Å². The minimum Gasteiger partial charge on any atom is -0.378 e. The summed E-state index contributed by atoms with van der Waals surface area (Å²) in [5, 5.41) is 32.0. The van der Waals surface area contributed by atoms with E-state index >= 15 is 0 Å². The second kappa shape index (κ2) is 7.51. The third kappa shape index (κ3) is 3.71. The van der Waals surface area contributed by atoms with Crippen molar-refractivity contribution in [3.8, 4) is 12.1 Å². The summed E-state index contributed by atoms with van der Waals surface area (Å²) in [6.45, 7) is 0.543. The first-order chi connectivity index (χ1) is 13.4. The third-order valence-electron chi connectivity index (χ3n) is 4.50. The number of alkyl halides is 1. The lowest BCUT2D eigenvalue weighted by Crippen LogP contribution is -2.43. The number of hydrogen-bond acceptors (Lipinski definition) is 4. The number of rotatable bonds is 5. The molecule has 0 aliphatic carbocycles. The van der Waals surface area contributed by atoms with Crippen LogP contribution >= 0.6 is 0 Å². The number of benzene rings is 2. The molecule has 1 heterocycles. The van der Waals surface area contributed by atoms with Crippen LogP contribution in [0.15, 0.2) is 48.7 Å². The van der Waals surface area contributed by atoms with Gasteiger partial charge in [-0.3, -0.25) is 4.79 Å². The van der Waals surface area contributed by atoms with Crippen molar-refractivity contribution in [1.82, 2.24) is 4.57 Å². The summed E-state index contributed by atoms with van der Waals surface area (Å²) in [4.78, 5) is 12.6. The third-order valence-corrected chi connectivity index (χ3v) is 4.50. The van der Waals surface area contributed by atoms with E-state index in [1.807, 2.05) is 6.07 Å². The first-order valence-corrected chi connectivity index (χ1v) is 8.50. The van der Waals surface area contributed by atoms with E-state index < -0.39 is 18.2 Å². The van der Waals surface area contributed by atoms with Crippen LogP contribution in [0, 0.1) is 22.7 Å². The zero-order chi connectivity index (χ0) is 20.3. The van der Waals surface area contributed by atoms with E-state index in [9.17, 15) is 14.3 Å². The monoisotopic (exact) mass is 376 g/mol. The smallest absolute Gasteiger partial charge is 0.257 e. The van der Waals surface area contributed by atoms with Crippen molar-refractivity contribution in [2.24, 2.45) is 0 Å². The molecule has 3 aromatic rings. The maximum atomic E-state index is 13.0. The van der Waals surface area contributed by atoms with E-state index in [1.165, 1.54) is 25.1 Å². The number of hydrogen-bond donors (Lipinski definition) is 2. The number of nitrogens with one attached hydrogen (secondary N) is 1. The topological polar surface area (TPSA) is 102 Å². The van der Waals surface area contributed by atoms with Gasteiger partial charge in [-0.15, -0.1) is 0 Å². The Morgan fingerprint density at radius 2 is 2.00 bits per heavy atom. The molecule has 0 aliphatic rings. The molecule has 6 nitrogen and oxygen atoms in total. The van der Waals surface area contributed by atoms with Gasteiger partial charge >= 0.3 is 0 Å². The van der Waals surface area contributed by atoms with Gasteiger partial charge in [0.05, 0.1) is 29.8 Å². The second-order valence-electron chi connectivity index (χ2n) is 6.67. The van der Waals surface area contributed by atoms with Crippen molar-refractivity contribution in [2.45, 2.75) is 25.7 Å². The summed E-state index contributed by atoms with van der Waals surface area (Å²) in [5.41, 5.74) is 0.230. The maximum Gasteiger partial charge on any atom is 0.257 e. The van der Waals surface area contributed by atoms with Gasteiger partial charge < -0.3 is 15.0 Å². The quantitative estimate of drug-likeness (QED) is 0.713. The second-order valence-corrected chi connectivity index (χ2v) is 6.67. The SMILES string of the molecule is C[C@](O)(Cn1ccc2cc(C#N)ccc21)C(=O)Nc1ccc(C#N)c(CF)c1. The Hall–Kier alpha value is -3.68. The normalized spacial score (nSPS) is 12.8. The largest absolute Gasteiger partial charge is 0.378 e. The minimum absolute atomic E-state index is 0.0134. The molecule has 2 N–H and O–H groups in total. The molecule has 28 heavy (non-hydrogen) atoms. The first kappa shape index (κ1) is 19.1. The van der Waals surface area contributed by atoms with E-state index in [1.54, 1.807) is 35.0 Å². The van der Waals surface area contributed by atoms with E-state index in [0.29, 0.717) is 11.3 Å². The van der Waals surface area contributed by atoms with Crippen LogP contribution in [0.4, 0.5) is 10.1 Å². The molecule has 0 aliphatic heterocycles. The Bertz CT molecular complexity index is 1140. The average Bonchev–Trinajstić information content (AvgIpc) is 3.09. The molecule has 0 radical (unpaired) electrons. The van der Waals surface area contributed by atoms with Crippen molar-refractivity contribution >= 4 is 22.5 Å². The van der Waals surface area contributed by atoms with Crippen molar-refractivity contribution < 1.29 is 14.3 Å². The fourth-order valence-corrected chi connectivity index (χ4v) is 2.97. The summed E-state index contributed by atoms with van der Waals surface area (Å²) in [7, 11) is 0. The van der Waals surface area contributed by atoms with Crippen molar-refractivity contribution in [1.29, 1.82) is 10.5 Å². The minimum atomic E-state index is -1.75. The number of fused-ring (bicyclic) bond motifs is 1. The highest BCUT2D eigenvalue weighted by Crippen LogP contribution is 2.22. The molecule has 3 rings (SSSR count). The van der Waals surface area contributed by atoms with Crippen LogP contribution in [0.3, 0.4) is 0 Å². The van der Waals surface area contributed by atoms with E-state index in [-0.39, 0.29) is 17.7 Å². The summed E-state index contributed by atoms with van der Waals surface area (Å²) in [6, 6.07) is 15.2. The van der Waals surface area contributed by atoms with Crippen LogP contribution in [0.5, 0.6) is 0 Å². The Morgan fingerprint density at radius 3 is 2.68 bits per heavy atom. The van der Waals surface area contributed by atoms with Crippen LogP contribution in [0.1, 0.15) is 23.6 Å². The van der Waals surface area contributed by atoms with E-state index in [2.05, 4.69) is 11.4 Å². The standard InChI is InChI=1S/C21H17FN4O2/c1-21(28,13-26-7-6-15-8-14(11-23)2-5-19(15)26)20(27)25-18-4-3-16(12-24)17(9-18)10-22/h2-9,28H,10,13H2,1H3,(H,25,27)/t21-/m0/s1. The van der Waals surface area contributed by atoms with Crippen molar-refractivity contribution in [3.63, 3.8) is 0 Å². The summed E-state index contributed by atoms with van der Waals surface area (Å²) >= 11 is 0. The molecule has 0 saturated carbocycles. The molecular weight excluding hydrogens is 359 g/mol.